The minimum atomic E-state index is -0.618. The van der Waals surface area contributed by atoms with Gasteiger partial charge in [-0.25, -0.2) is 9.97 Å². The van der Waals surface area contributed by atoms with Crippen molar-refractivity contribution in [1.82, 2.24) is 19.9 Å². The molecular formula is C27H28N4O3S. The van der Waals surface area contributed by atoms with Crippen LogP contribution in [-0.4, -0.2) is 33.0 Å². The summed E-state index contributed by atoms with van der Waals surface area (Å²) < 4.78 is 8.61. The maximum atomic E-state index is 13.3. The Morgan fingerprint density at radius 1 is 1.11 bits per heavy atom. The molecule has 2 aromatic heterocycles. The highest BCUT2D eigenvalue weighted by Gasteiger charge is 2.43. The molecule has 1 fully saturated rings. The van der Waals surface area contributed by atoms with Crippen molar-refractivity contribution < 1.29 is 14.3 Å². The number of imidazole rings is 1. The fourth-order valence-corrected chi connectivity index (χ4v) is 5.99. The number of carbonyl (C=O) groups excluding carboxylic acids is 2. The Morgan fingerprint density at radius 2 is 1.86 bits per heavy atom. The number of hydrogen-bond acceptors (Lipinski definition) is 6. The first-order valence-corrected chi connectivity index (χ1v) is 12.7. The zero-order valence-corrected chi connectivity index (χ0v) is 20.5. The first kappa shape index (κ1) is 23.2. The van der Waals surface area contributed by atoms with Gasteiger partial charge in [0.15, 0.2) is 6.61 Å². The average molecular weight is 489 g/mol. The smallest absolute Gasteiger partial charge is 0.313 e. The summed E-state index contributed by atoms with van der Waals surface area (Å²) in [6, 6.07) is 17.2. The molecule has 0 radical (unpaired) electrons. The van der Waals surface area contributed by atoms with Gasteiger partial charge in [0.2, 0.25) is 0 Å². The molecule has 1 amide bonds. The molecule has 0 spiro atoms. The van der Waals surface area contributed by atoms with Crippen LogP contribution in [0.25, 0.3) is 10.2 Å². The molecule has 1 N–H and O–H groups in total. The van der Waals surface area contributed by atoms with E-state index in [1.165, 1.54) is 0 Å². The first-order chi connectivity index (χ1) is 17.0. The van der Waals surface area contributed by atoms with Crippen LogP contribution >= 0.6 is 11.3 Å². The first-order valence-electron chi connectivity index (χ1n) is 11.9. The van der Waals surface area contributed by atoms with Gasteiger partial charge in [0.05, 0.1) is 20.6 Å². The number of nitrogens with zero attached hydrogens (tertiary/aromatic N) is 3. The van der Waals surface area contributed by atoms with Gasteiger partial charge < -0.3 is 14.6 Å². The molecule has 4 aromatic rings. The van der Waals surface area contributed by atoms with E-state index in [4.69, 9.17) is 9.72 Å². The second-order valence-electron chi connectivity index (χ2n) is 9.12. The van der Waals surface area contributed by atoms with Crippen LogP contribution in [0.1, 0.15) is 48.1 Å². The molecule has 0 saturated heterocycles. The predicted molar refractivity (Wildman–Crippen MR) is 135 cm³/mol. The Bertz CT molecular complexity index is 1290. The van der Waals surface area contributed by atoms with Crippen molar-refractivity contribution >= 4 is 33.4 Å². The highest BCUT2D eigenvalue weighted by molar-refractivity contribution is 7.18. The average Bonchev–Trinajstić information content (AvgIpc) is 3.62. The molecule has 1 aliphatic rings. The molecule has 1 unspecified atom stereocenters. The third kappa shape index (κ3) is 4.98. The molecule has 7 nitrogen and oxygen atoms in total. The molecule has 5 rings (SSSR count). The highest BCUT2D eigenvalue weighted by atomic mass is 32.1. The largest absolute Gasteiger partial charge is 0.455 e. The summed E-state index contributed by atoms with van der Waals surface area (Å²) in [5.41, 5.74) is 1.24. The Balaban J connectivity index is 1.27. The standard InChI is InChI=1S/C27H28N4O3S/c1-31-16-15-28-25(31)24(19-9-3-2-4-10-19)30-22(32)18-34-26(33)27(13-7-8-14-27)17-23-29-20-11-5-6-12-21(20)35-23/h2-6,9-12,15-16,24H,7-8,13-14,17-18H2,1H3,(H,30,32). The van der Waals surface area contributed by atoms with Crippen LogP contribution in [0.4, 0.5) is 0 Å². The quantitative estimate of drug-likeness (QED) is 0.367. The summed E-state index contributed by atoms with van der Waals surface area (Å²) >= 11 is 1.62. The molecule has 2 aromatic carbocycles. The maximum absolute atomic E-state index is 13.3. The number of para-hydroxylation sites is 1. The number of thiazole rings is 1. The lowest BCUT2D eigenvalue weighted by Crippen LogP contribution is -2.38. The molecule has 1 atom stereocenters. The summed E-state index contributed by atoms with van der Waals surface area (Å²) in [6.45, 7) is -0.325. The monoisotopic (exact) mass is 488 g/mol. The number of fused-ring (bicyclic) bond motifs is 1. The molecule has 0 aliphatic heterocycles. The van der Waals surface area contributed by atoms with Gasteiger partial charge >= 0.3 is 5.97 Å². The van der Waals surface area contributed by atoms with Crippen molar-refractivity contribution in [2.45, 2.75) is 38.1 Å². The Labute approximate surface area is 208 Å². The molecule has 1 saturated carbocycles. The van der Waals surface area contributed by atoms with Crippen molar-refractivity contribution in [3.8, 4) is 0 Å². The van der Waals surface area contributed by atoms with E-state index in [-0.39, 0.29) is 18.5 Å². The topological polar surface area (TPSA) is 86.1 Å². The number of esters is 1. The molecule has 35 heavy (non-hydrogen) atoms. The summed E-state index contributed by atoms with van der Waals surface area (Å²) in [6.07, 6.45) is 7.54. The molecule has 180 valence electrons. The third-order valence-electron chi connectivity index (χ3n) is 6.71. The number of aryl methyl sites for hydroxylation is 1. The number of rotatable bonds is 8. The third-order valence-corrected chi connectivity index (χ3v) is 7.75. The molecule has 2 heterocycles. The second kappa shape index (κ2) is 10.00. The lowest BCUT2D eigenvalue weighted by atomic mass is 9.83. The summed E-state index contributed by atoms with van der Waals surface area (Å²) in [7, 11) is 1.89. The lowest BCUT2D eigenvalue weighted by molar-refractivity contribution is -0.159. The minimum Gasteiger partial charge on any atom is -0.455 e. The van der Waals surface area contributed by atoms with E-state index in [1.807, 2.05) is 72.4 Å². The van der Waals surface area contributed by atoms with Gasteiger partial charge in [-0.15, -0.1) is 11.3 Å². The van der Waals surface area contributed by atoms with Crippen LogP contribution in [0.15, 0.2) is 67.0 Å². The van der Waals surface area contributed by atoms with Gasteiger partial charge in [0.25, 0.3) is 5.91 Å². The molecular weight excluding hydrogens is 460 g/mol. The van der Waals surface area contributed by atoms with E-state index in [0.29, 0.717) is 12.2 Å². The zero-order valence-electron chi connectivity index (χ0n) is 19.6. The fraction of sp³-hybridized carbons (Fsp3) is 0.333. The lowest BCUT2D eigenvalue weighted by Gasteiger charge is -2.26. The van der Waals surface area contributed by atoms with Crippen LogP contribution in [0.2, 0.25) is 0 Å². The van der Waals surface area contributed by atoms with E-state index in [9.17, 15) is 9.59 Å². The van der Waals surface area contributed by atoms with E-state index in [2.05, 4.69) is 10.3 Å². The maximum Gasteiger partial charge on any atom is 0.313 e. The number of amides is 1. The number of carbonyl (C=O) groups is 2. The minimum absolute atomic E-state index is 0.308. The van der Waals surface area contributed by atoms with Gasteiger partial charge in [-0.05, 0) is 30.5 Å². The van der Waals surface area contributed by atoms with Crippen molar-refractivity contribution in [3.63, 3.8) is 0 Å². The van der Waals surface area contributed by atoms with Crippen LogP contribution in [0, 0.1) is 5.41 Å². The normalized spacial score (nSPS) is 15.7. The molecule has 8 heteroatoms. The summed E-state index contributed by atoms with van der Waals surface area (Å²) in [5.74, 6) is 0.0416. The highest BCUT2D eigenvalue weighted by Crippen LogP contribution is 2.43. The Kier molecular flexibility index (Phi) is 6.63. The SMILES string of the molecule is Cn1ccnc1C(NC(=O)COC(=O)C1(Cc2nc3ccccc3s2)CCCC1)c1ccccc1. The van der Waals surface area contributed by atoms with Crippen molar-refractivity contribution in [2.75, 3.05) is 6.61 Å². The van der Waals surface area contributed by atoms with Gasteiger partial charge in [-0.3, -0.25) is 9.59 Å². The number of benzene rings is 2. The number of ether oxygens (including phenoxy) is 1. The van der Waals surface area contributed by atoms with Crippen molar-refractivity contribution in [3.05, 3.63) is 83.4 Å². The van der Waals surface area contributed by atoms with Gasteiger partial charge in [-0.2, -0.15) is 0 Å². The number of aromatic nitrogens is 3. The van der Waals surface area contributed by atoms with E-state index < -0.39 is 11.5 Å². The van der Waals surface area contributed by atoms with Gasteiger partial charge in [0, 0.05) is 25.9 Å². The summed E-state index contributed by atoms with van der Waals surface area (Å²) in [5, 5.41) is 3.93. The van der Waals surface area contributed by atoms with Crippen LogP contribution in [0.5, 0.6) is 0 Å². The van der Waals surface area contributed by atoms with Crippen LogP contribution < -0.4 is 5.32 Å². The Morgan fingerprint density at radius 3 is 2.57 bits per heavy atom. The fourth-order valence-electron chi connectivity index (χ4n) is 4.87. The van der Waals surface area contributed by atoms with Crippen molar-refractivity contribution in [1.29, 1.82) is 0 Å². The second-order valence-corrected chi connectivity index (χ2v) is 10.2. The van der Waals surface area contributed by atoms with Gasteiger partial charge in [-0.1, -0.05) is 55.3 Å². The Hall–Kier alpha value is -3.52. The number of hydrogen-bond donors (Lipinski definition) is 1. The van der Waals surface area contributed by atoms with E-state index >= 15 is 0 Å². The molecule has 1 aliphatic carbocycles. The number of nitrogens with one attached hydrogen (secondary N) is 1. The van der Waals surface area contributed by atoms with Crippen molar-refractivity contribution in [2.24, 2.45) is 12.5 Å². The van der Waals surface area contributed by atoms with Crippen LogP contribution in [0.3, 0.4) is 0 Å². The van der Waals surface area contributed by atoms with E-state index in [1.54, 1.807) is 17.5 Å². The predicted octanol–water partition coefficient (Wildman–Crippen LogP) is 4.58. The van der Waals surface area contributed by atoms with Gasteiger partial charge in [0.1, 0.15) is 11.9 Å². The zero-order chi connectivity index (χ0) is 24.3. The molecule has 0 bridgehead atoms. The summed E-state index contributed by atoms with van der Waals surface area (Å²) in [4.78, 5) is 35.3. The van der Waals surface area contributed by atoms with Crippen LogP contribution in [-0.2, 0) is 27.8 Å². The van der Waals surface area contributed by atoms with E-state index in [0.717, 1.165) is 46.5 Å².